The maximum absolute atomic E-state index is 12.5. The number of hydrogen-bond donors (Lipinski definition) is 3. The second kappa shape index (κ2) is 11.4. The van der Waals surface area contributed by atoms with Crippen molar-refractivity contribution in [2.75, 3.05) is 5.75 Å². The van der Waals surface area contributed by atoms with E-state index in [0.717, 1.165) is 5.56 Å². The zero-order chi connectivity index (χ0) is 22.9. The van der Waals surface area contributed by atoms with Gasteiger partial charge in [-0.15, -0.1) is 0 Å². The third-order valence-corrected chi connectivity index (χ3v) is 6.09. The summed E-state index contributed by atoms with van der Waals surface area (Å²) in [7, 11) is -3.94. The predicted octanol–water partition coefficient (Wildman–Crippen LogP) is 1.90. The van der Waals surface area contributed by atoms with Crippen molar-refractivity contribution in [3.63, 3.8) is 0 Å². The Morgan fingerprint density at radius 3 is 2.29 bits per heavy atom. The summed E-state index contributed by atoms with van der Waals surface area (Å²) in [5, 5.41) is 11.2. The van der Waals surface area contributed by atoms with Crippen molar-refractivity contribution < 1.29 is 27.9 Å². The molecule has 8 nitrogen and oxygen atoms in total. The molecule has 2 aromatic rings. The van der Waals surface area contributed by atoms with Crippen molar-refractivity contribution in [2.45, 2.75) is 38.6 Å². The number of aryl methyl sites for hydroxylation is 2. The molecule has 2 amide bonds. The van der Waals surface area contributed by atoms with E-state index < -0.39 is 40.3 Å². The highest BCUT2D eigenvalue weighted by atomic mass is 32.2. The number of carboxylic acids is 1. The normalized spacial score (nSPS) is 12.2. The molecule has 2 rings (SSSR count). The fourth-order valence-corrected chi connectivity index (χ4v) is 4.33. The number of benzene rings is 2. The summed E-state index contributed by atoms with van der Waals surface area (Å²) in [5.41, 5.74) is 1.96. The Morgan fingerprint density at radius 1 is 1.00 bits per heavy atom. The van der Waals surface area contributed by atoms with Crippen molar-refractivity contribution >= 4 is 27.8 Å². The van der Waals surface area contributed by atoms with Gasteiger partial charge >= 0.3 is 5.97 Å². The largest absolute Gasteiger partial charge is 0.481 e. The van der Waals surface area contributed by atoms with Crippen LogP contribution in [-0.2, 0) is 32.5 Å². The van der Waals surface area contributed by atoms with Crippen LogP contribution in [0.2, 0.25) is 0 Å². The van der Waals surface area contributed by atoms with E-state index in [-0.39, 0.29) is 11.3 Å². The van der Waals surface area contributed by atoms with Gasteiger partial charge in [0.1, 0.15) is 6.04 Å². The number of rotatable bonds is 11. The topological polar surface area (TPSA) is 130 Å². The van der Waals surface area contributed by atoms with Gasteiger partial charge in [0.25, 0.3) is 5.91 Å². The SMILES string of the molecule is CCc1ccccc1C(=O)NC(=O)[C@H](CC(=O)O)NS(=O)(=O)CCCc1ccccc1. The number of sulfonamides is 1. The standard InChI is InChI=1S/C22H26N2O6S/c1-2-17-12-6-7-13-18(17)21(27)23-22(28)19(15-20(25)26)24-31(29,30)14-8-11-16-9-4-3-5-10-16/h3-7,9-10,12-13,19,24H,2,8,11,14-15H2,1H3,(H,25,26)(H,23,27,28)/t19-/m0/s1. The molecule has 3 N–H and O–H groups in total. The van der Waals surface area contributed by atoms with Gasteiger partial charge in [-0.25, -0.2) is 13.1 Å². The van der Waals surface area contributed by atoms with E-state index in [1.807, 2.05) is 37.3 Å². The van der Waals surface area contributed by atoms with E-state index in [4.69, 9.17) is 5.11 Å². The molecular formula is C22H26N2O6S. The molecule has 1 atom stereocenters. The van der Waals surface area contributed by atoms with E-state index >= 15 is 0 Å². The summed E-state index contributed by atoms with van der Waals surface area (Å²) in [5.74, 6) is -3.36. The van der Waals surface area contributed by atoms with Crippen molar-refractivity contribution in [2.24, 2.45) is 0 Å². The monoisotopic (exact) mass is 446 g/mol. The first kappa shape index (κ1) is 24.2. The minimum Gasteiger partial charge on any atom is -0.481 e. The fourth-order valence-electron chi connectivity index (χ4n) is 3.07. The lowest BCUT2D eigenvalue weighted by Gasteiger charge is -2.17. The number of aliphatic carboxylic acids is 1. The summed E-state index contributed by atoms with van der Waals surface area (Å²) in [4.78, 5) is 36.1. The molecule has 0 aliphatic heterocycles. The van der Waals surface area contributed by atoms with Crippen LogP contribution in [0.5, 0.6) is 0 Å². The van der Waals surface area contributed by atoms with Crippen LogP contribution in [0.4, 0.5) is 0 Å². The van der Waals surface area contributed by atoms with Crippen molar-refractivity contribution in [1.82, 2.24) is 10.0 Å². The van der Waals surface area contributed by atoms with Gasteiger partial charge in [-0.2, -0.15) is 0 Å². The van der Waals surface area contributed by atoms with Gasteiger partial charge in [0.05, 0.1) is 12.2 Å². The third-order valence-electron chi connectivity index (χ3n) is 4.62. The zero-order valence-electron chi connectivity index (χ0n) is 17.2. The van der Waals surface area contributed by atoms with Crippen LogP contribution in [0.3, 0.4) is 0 Å². The smallest absolute Gasteiger partial charge is 0.305 e. The molecule has 0 fully saturated rings. The van der Waals surface area contributed by atoms with Crippen LogP contribution >= 0.6 is 0 Å². The lowest BCUT2D eigenvalue weighted by molar-refractivity contribution is -0.139. The highest BCUT2D eigenvalue weighted by molar-refractivity contribution is 7.89. The van der Waals surface area contributed by atoms with Gasteiger partial charge in [0, 0.05) is 5.56 Å². The van der Waals surface area contributed by atoms with Gasteiger partial charge in [-0.05, 0) is 36.5 Å². The van der Waals surface area contributed by atoms with Gasteiger partial charge in [-0.3, -0.25) is 19.7 Å². The summed E-state index contributed by atoms with van der Waals surface area (Å²) < 4.78 is 26.9. The minimum absolute atomic E-state index is 0.276. The Hall–Kier alpha value is -3.04. The predicted molar refractivity (Wildman–Crippen MR) is 116 cm³/mol. The molecule has 0 heterocycles. The Balaban J connectivity index is 2.03. The molecule has 0 saturated heterocycles. The van der Waals surface area contributed by atoms with Crippen LogP contribution < -0.4 is 10.0 Å². The Kier molecular flexibility index (Phi) is 8.89. The first-order valence-corrected chi connectivity index (χ1v) is 11.6. The van der Waals surface area contributed by atoms with Crippen molar-refractivity contribution in [3.8, 4) is 0 Å². The number of imide groups is 1. The average Bonchev–Trinajstić information content (AvgIpc) is 2.73. The number of amides is 2. The lowest BCUT2D eigenvalue weighted by Crippen LogP contribution is -2.50. The molecule has 31 heavy (non-hydrogen) atoms. The second-order valence-corrected chi connectivity index (χ2v) is 8.88. The van der Waals surface area contributed by atoms with Crippen LogP contribution in [0, 0.1) is 0 Å². The molecule has 9 heteroatoms. The quantitative estimate of drug-likeness (QED) is 0.483. The number of carbonyl (C=O) groups is 3. The van der Waals surface area contributed by atoms with Crippen LogP contribution in [0.1, 0.15) is 41.3 Å². The van der Waals surface area contributed by atoms with Gasteiger partial charge in [0.15, 0.2) is 0 Å². The number of hydrogen-bond acceptors (Lipinski definition) is 5. The van der Waals surface area contributed by atoms with Gasteiger partial charge < -0.3 is 5.11 Å². The van der Waals surface area contributed by atoms with Crippen LogP contribution in [-0.4, -0.2) is 43.1 Å². The van der Waals surface area contributed by atoms with E-state index in [1.165, 1.54) is 0 Å². The molecule has 0 aliphatic carbocycles. The maximum atomic E-state index is 12.5. The molecule has 0 unspecified atom stereocenters. The van der Waals surface area contributed by atoms with Crippen LogP contribution in [0.15, 0.2) is 54.6 Å². The average molecular weight is 447 g/mol. The third kappa shape index (κ3) is 7.95. The minimum atomic E-state index is -3.94. The molecule has 0 aromatic heterocycles. The maximum Gasteiger partial charge on any atom is 0.305 e. The van der Waals surface area contributed by atoms with E-state index in [9.17, 15) is 22.8 Å². The summed E-state index contributed by atoms with van der Waals surface area (Å²) >= 11 is 0. The molecule has 0 saturated carbocycles. The zero-order valence-corrected chi connectivity index (χ0v) is 18.0. The molecule has 0 radical (unpaired) electrons. The van der Waals surface area contributed by atoms with E-state index in [1.54, 1.807) is 24.3 Å². The molecule has 2 aromatic carbocycles. The van der Waals surface area contributed by atoms with Crippen LogP contribution in [0.25, 0.3) is 0 Å². The molecule has 166 valence electrons. The van der Waals surface area contributed by atoms with E-state index in [2.05, 4.69) is 10.0 Å². The van der Waals surface area contributed by atoms with Crippen molar-refractivity contribution in [1.29, 1.82) is 0 Å². The second-order valence-electron chi connectivity index (χ2n) is 7.01. The van der Waals surface area contributed by atoms with Crippen molar-refractivity contribution in [3.05, 3.63) is 71.3 Å². The van der Waals surface area contributed by atoms with E-state index in [0.29, 0.717) is 24.8 Å². The highest BCUT2D eigenvalue weighted by Gasteiger charge is 2.28. The molecule has 0 aliphatic rings. The number of nitrogens with one attached hydrogen (secondary N) is 2. The highest BCUT2D eigenvalue weighted by Crippen LogP contribution is 2.10. The molecule has 0 bridgehead atoms. The Labute approximate surface area is 181 Å². The first-order chi connectivity index (χ1) is 14.7. The Bertz CT molecular complexity index is 1020. The Morgan fingerprint density at radius 2 is 1.65 bits per heavy atom. The van der Waals surface area contributed by atoms with Gasteiger partial charge in [0.2, 0.25) is 15.9 Å². The summed E-state index contributed by atoms with van der Waals surface area (Å²) in [6.07, 6.45) is 0.588. The summed E-state index contributed by atoms with van der Waals surface area (Å²) in [6, 6.07) is 14.4. The number of carbonyl (C=O) groups excluding carboxylic acids is 2. The summed E-state index contributed by atoms with van der Waals surface area (Å²) in [6.45, 7) is 1.85. The first-order valence-electron chi connectivity index (χ1n) is 9.90. The lowest BCUT2D eigenvalue weighted by atomic mass is 10.0. The molecular weight excluding hydrogens is 420 g/mol. The van der Waals surface area contributed by atoms with Gasteiger partial charge in [-0.1, -0.05) is 55.5 Å². The molecule has 0 spiro atoms. The number of carboxylic acid groups (broad SMARTS) is 1. The fraction of sp³-hybridized carbons (Fsp3) is 0.318.